The summed E-state index contributed by atoms with van der Waals surface area (Å²) < 4.78 is 6.66. The number of para-hydroxylation sites is 1. The molecule has 2 aromatic carbocycles. The van der Waals surface area contributed by atoms with Crippen molar-refractivity contribution >= 4 is 27.6 Å². The van der Waals surface area contributed by atoms with Crippen molar-refractivity contribution in [2.24, 2.45) is 0 Å². The summed E-state index contributed by atoms with van der Waals surface area (Å²) in [5, 5.41) is 12.2. The Labute approximate surface area is 138 Å². The number of anilines is 1. The molecule has 2 aromatic rings. The van der Waals surface area contributed by atoms with Gasteiger partial charge in [-0.1, -0.05) is 28.1 Å². The van der Waals surface area contributed by atoms with Crippen LogP contribution in [0.3, 0.4) is 0 Å². The standard InChI is InChI=1S/C17H18BrNO3/c18-13-7-9-14(10-8-13)22-12-4-3-11-19-16-6-2-1-5-15(16)17(20)21/h1-2,5-10,19H,3-4,11-12H2,(H,20,21). The Kier molecular flexibility index (Phi) is 6.27. The van der Waals surface area contributed by atoms with Crippen LogP contribution in [0.4, 0.5) is 5.69 Å². The molecule has 0 saturated heterocycles. The van der Waals surface area contributed by atoms with Crippen LogP contribution in [0.25, 0.3) is 0 Å². The van der Waals surface area contributed by atoms with Crippen molar-refractivity contribution in [3.05, 3.63) is 58.6 Å². The molecule has 0 radical (unpaired) electrons. The fraction of sp³-hybridized carbons (Fsp3) is 0.235. The smallest absolute Gasteiger partial charge is 0.337 e. The largest absolute Gasteiger partial charge is 0.494 e. The monoisotopic (exact) mass is 363 g/mol. The van der Waals surface area contributed by atoms with Gasteiger partial charge in [0.25, 0.3) is 0 Å². The molecule has 5 heteroatoms. The quantitative estimate of drug-likeness (QED) is 0.681. The third-order valence-electron chi connectivity index (χ3n) is 3.13. The molecule has 0 unspecified atom stereocenters. The molecule has 22 heavy (non-hydrogen) atoms. The normalized spacial score (nSPS) is 10.2. The van der Waals surface area contributed by atoms with Gasteiger partial charge in [0.1, 0.15) is 5.75 Å². The summed E-state index contributed by atoms with van der Waals surface area (Å²) in [5.74, 6) is -0.0611. The molecule has 116 valence electrons. The molecule has 0 fully saturated rings. The van der Waals surface area contributed by atoms with Gasteiger partial charge in [0, 0.05) is 16.7 Å². The summed E-state index contributed by atoms with van der Waals surface area (Å²) >= 11 is 3.38. The van der Waals surface area contributed by atoms with E-state index in [1.54, 1.807) is 18.2 Å². The number of aromatic carboxylic acids is 1. The van der Waals surface area contributed by atoms with E-state index in [0.29, 0.717) is 24.4 Å². The molecule has 0 atom stereocenters. The van der Waals surface area contributed by atoms with Gasteiger partial charge in [-0.2, -0.15) is 0 Å². The number of carboxylic acid groups (broad SMARTS) is 1. The zero-order valence-electron chi connectivity index (χ0n) is 12.1. The van der Waals surface area contributed by atoms with Crippen LogP contribution in [0.5, 0.6) is 5.75 Å². The second-order valence-corrected chi connectivity index (χ2v) is 5.70. The molecule has 0 spiro atoms. The van der Waals surface area contributed by atoms with Crippen LogP contribution in [-0.2, 0) is 0 Å². The first-order valence-electron chi connectivity index (χ1n) is 7.11. The Bertz CT molecular complexity index is 614. The van der Waals surface area contributed by atoms with Crippen LogP contribution in [0.1, 0.15) is 23.2 Å². The Hall–Kier alpha value is -2.01. The Morgan fingerprint density at radius 3 is 2.55 bits per heavy atom. The number of hydrogen-bond acceptors (Lipinski definition) is 3. The summed E-state index contributed by atoms with van der Waals surface area (Å²) in [6.07, 6.45) is 1.81. The van der Waals surface area contributed by atoms with E-state index in [2.05, 4.69) is 21.2 Å². The molecular weight excluding hydrogens is 346 g/mol. The molecular formula is C17H18BrNO3. The van der Waals surface area contributed by atoms with Crippen molar-refractivity contribution in [2.75, 3.05) is 18.5 Å². The van der Waals surface area contributed by atoms with Crippen LogP contribution >= 0.6 is 15.9 Å². The van der Waals surface area contributed by atoms with E-state index < -0.39 is 5.97 Å². The van der Waals surface area contributed by atoms with Crippen molar-refractivity contribution in [3.8, 4) is 5.75 Å². The number of nitrogens with one attached hydrogen (secondary N) is 1. The average molecular weight is 364 g/mol. The zero-order valence-corrected chi connectivity index (χ0v) is 13.7. The average Bonchev–Trinajstić information content (AvgIpc) is 2.52. The maximum Gasteiger partial charge on any atom is 0.337 e. The van der Waals surface area contributed by atoms with E-state index >= 15 is 0 Å². The Morgan fingerprint density at radius 1 is 1.09 bits per heavy atom. The molecule has 0 aliphatic carbocycles. The number of rotatable bonds is 8. The lowest BCUT2D eigenvalue weighted by Gasteiger charge is -2.10. The number of halogens is 1. The maximum atomic E-state index is 11.1. The highest BCUT2D eigenvalue weighted by Gasteiger charge is 2.07. The fourth-order valence-electron chi connectivity index (χ4n) is 1.99. The highest BCUT2D eigenvalue weighted by Crippen LogP contribution is 2.17. The molecule has 0 aliphatic rings. The number of benzene rings is 2. The van der Waals surface area contributed by atoms with E-state index in [9.17, 15) is 4.79 Å². The van der Waals surface area contributed by atoms with Crippen LogP contribution in [0.2, 0.25) is 0 Å². The molecule has 0 bridgehead atoms. The van der Waals surface area contributed by atoms with E-state index in [0.717, 1.165) is 23.1 Å². The lowest BCUT2D eigenvalue weighted by atomic mass is 10.2. The second-order valence-electron chi connectivity index (χ2n) is 4.79. The predicted octanol–water partition coefficient (Wildman–Crippen LogP) is 4.42. The van der Waals surface area contributed by atoms with Gasteiger partial charge >= 0.3 is 5.97 Å². The number of carbonyl (C=O) groups is 1. The number of unbranched alkanes of at least 4 members (excludes halogenated alkanes) is 1. The van der Waals surface area contributed by atoms with Crippen LogP contribution in [-0.4, -0.2) is 24.2 Å². The third-order valence-corrected chi connectivity index (χ3v) is 3.66. The van der Waals surface area contributed by atoms with Crippen molar-refractivity contribution in [1.82, 2.24) is 0 Å². The summed E-state index contributed by atoms with van der Waals surface area (Å²) in [7, 11) is 0. The van der Waals surface area contributed by atoms with E-state index in [-0.39, 0.29) is 0 Å². The molecule has 0 saturated carbocycles. The summed E-state index contributed by atoms with van der Waals surface area (Å²) in [5.41, 5.74) is 0.956. The van der Waals surface area contributed by atoms with Crippen LogP contribution in [0.15, 0.2) is 53.0 Å². The molecule has 4 nitrogen and oxygen atoms in total. The molecule has 2 N–H and O–H groups in total. The van der Waals surface area contributed by atoms with Gasteiger partial charge in [0.2, 0.25) is 0 Å². The van der Waals surface area contributed by atoms with E-state index in [4.69, 9.17) is 9.84 Å². The first-order valence-corrected chi connectivity index (χ1v) is 7.90. The van der Waals surface area contributed by atoms with Gasteiger partial charge in [-0.05, 0) is 49.2 Å². The second kappa shape index (κ2) is 8.44. The molecule has 0 aliphatic heterocycles. The first kappa shape index (κ1) is 16.4. The van der Waals surface area contributed by atoms with Gasteiger partial charge in [0.05, 0.1) is 12.2 Å². The summed E-state index contributed by atoms with van der Waals surface area (Å²) in [6.45, 7) is 1.36. The van der Waals surface area contributed by atoms with E-state index in [1.807, 2.05) is 30.3 Å². The summed E-state index contributed by atoms with van der Waals surface area (Å²) in [4.78, 5) is 11.1. The topological polar surface area (TPSA) is 58.6 Å². The van der Waals surface area contributed by atoms with Crippen molar-refractivity contribution in [2.45, 2.75) is 12.8 Å². The zero-order chi connectivity index (χ0) is 15.8. The van der Waals surface area contributed by atoms with Gasteiger partial charge in [-0.15, -0.1) is 0 Å². The molecule has 0 heterocycles. The number of carboxylic acids is 1. The van der Waals surface area contributed by atoms with Gasteiger partial charge in [-0.3, -0.25) is 0 Å². The highest BCUT2D eigenvalue weighted by atomic mass is 79.9. The first-order chi connectivity index (χ1) is 10.7. The van der Waals surface area contributed by atoms with Gasteiger partial charge in [-0.25, -0.2) is 4.79 Å². The third kappa shape index (κ3) is 5.07. The van der Waals surface area contributed by atoms with Crippen LogP contribution in [0, 0.1) is 0 Å². The Morgan fingerprint density at radius 2 is 1.82 bits per heavy atom. The van der Waals surface area contributed by atoms with Crippen molar-refractivity contribution < 1.29 is 14.6 Å². The molecule has 0 aromatic heterocycles. The molecule has 2 rings (SSSR count). The fourth-order valence-corrected chi connectivity index (χ4v) is 2.26. The molecule has 0 amide bonds. The maximum absolute atomic E-state index is 11.1. The minimum atomic E-state index is -0.915. The van der Waals surface area contributed by atoms with Crippen molar-refractivity contribution in [3.63, 3.8) is 0 Å². The number of ether oxygens (including phenoxy) is 1. The number of hydrogen-bond donors (Lipinski definition) is 2. The van der Waals surface area contributed by atoms with Crippen LogP contribution < -0.4 is 10.1 Å². The van der Waals surface area contributed by atoms with Gasteiger partial charge < -0.3 is 15.2 Å². The van der Waals surface area contributed by atoms with E-state index in [1.165, 1.54) is 0 Å². The Balaban J connectivity index is 1.67. The minimum absolute atomic E-state index is 0.300. The minimum Gasteiger partial charge on any atom is -0.494 e. The summed E-state index contributed by atoms with van der Waals surface area (Å²) in [6, 6.07) is 14.7. The highest BCUT2D eigenvalue weighted by molar-refractivity contribution is 9.10. The lowest BCUT2D eigenvalue weighted by molar-refractivity contribution is 0.0698. The predicted molar refractivity (Wildman–Crippen MR) is 90.8 cm³/mol. The van der Waals surface area contributed by atoms with Gasteiger partial charge in [0.15, 0.2) is 0 Å². The van der Waals surface area contributed by atoms with Crippen molar-refractivity contribution in [1.29, 1.82) is 0 Å². The lowest BCUT2D eigenvalue weighted by Crippen LogP contribution is -2.08. The SMILES string of the molecule is O=C(O)c1ccccc1NCCCCOc1ccc(Br)cc1.